The molecule has 0 aromatic carbocycles. The predicted molar refractivity (Wildman–Crippen MR) is 87.9 cm³/mol. The Bertz CT molecular complexity index is 830. The van der Waals surface area contributed by atoms with Gasteiger partial charge in [-0.2, -0.15) is 0 Å². The van der Waals surface area contributed by atoms with Gasteiger partial charge in [0, 0.05) is 26.7 Å². The zero-order valence-electron chi connectivity index (χ0n) is 13.6. The third-order valence-electron chi connectivity index (χ3n) is 4.32. The van der Waals surface area contributed by atoms with Crippen LogP contribution in [0, 0.1) is 0 Å². The van der Waals surface area contributed by atoms with E-state index in [0.29, 0.717) is 36.5 Å². The van der Waals surface area contributed by atoms with Crippen molar-refractivity contribution in [2.45, 2.75) is 51.8 Å². The van der Waals surface area contributed by atoms with Gasteiger partial charge in [0.25, 0.3) is 5.56 Å². The molecule has 0 fully saturated rings. The smallest absolute Gasteiger partial charge is 0.332 e. The molecular formula is C15H23N5O3. The summed E-state index contributed by atoms with van der Waals surface area (Å²) in [7, 11) is 1.68. The van der Waals surface area contributed by atoms with Crippen molar-refractivity contribution in [1.82, 2.24) is 18.7 Å². The lowest BCUT2D eigenvalue weighted by atomic mass is 10.2. The number of fused-ring (bicyclic) bond motifs is 3. The number of aryl methyl sites for hydroxylation is 2. The summed E-state index contributed by atoms with van der Waals surface area (Å²) in [5.41, 5.74) is 0.283. The van der Waals surface area contributed by atoms with Gasteiger partial charge in [0.05, 0.1) is 6.10 Å². The SMILES string of the molecule is C[C@H](O)CCCCn1c(=O)c2nc3n(c2n(C)c1=O)CCCN3. The maximum atomic E-state index is 12.6. The molecule has 0 saturated carbocycles. The number of nitrogens with zero attached hydrogens (tertiary/aromatic N) is 4. The molecular weight excluding hydrogens is 298 g/mol. The van der Waals surface area contributed by atoms with Gasteiger partial charge in [-0.25, -0.2) is 9.78 Å². The van der Waals surface area contributed by atoms with Crippen molar-refractivity contribution in [3.8, 4) is 0 Å². The molecule has 2 aromatic rings. The van der Waals surface area contributed by atoms with Gasteiger partial charge in [0.1, 0.15) is 0 Å². The van der Waals surface area contributed by atoms with E-state index in [1.807, 2.05) is 4.57 Å². The highest BCUT2D eigenvalue weighted by Gasteiger charge is 2.21. The van der Waals surface area contributed by atoms with Gasteiger partial charge in [-0.3, -0.25) is 18.5 Å². The molecule has 0 amide bonds. The quantitative estimate of drug-likeness (QED) is 0.771. The Morgan fingerprint density at radius 1 is 1.35 bits per heavy atom. The molecule has 23 heavy (non-hydrogen) atoms. The fraction of sp³-hybridized carbons (Fsp3) is 0.667. The van der Waals surface area contributed by atoms with Crippen molar-refractivity contribution in [3.05, 3.63) is 20.8 Å². The molecule has 1 aliphatic rings. The van der Waals surface area contributed by atoms with Crippen LogP contribution in [0.25, 0.3) is 11.2 Å². The summed E-state index contributed by atoms with van der Waals surface area (Å²) in [4.78, 5) is 29.6. The lowest BCUT2D eigenvalue weighted by molar-refractivity contribution is 0.180. The third-order valence-corrected chi connectivity index (χ3v) is 4.32. The summed E-state index contributed by atoms with van der Waals surface area (Å²) in [5, 5.41) is 12.5. The largest absolute Gasteiger partial charge is 0.393 e. The molecule has 1 atom stereocenters. The van der Waals surface area contributed by atoms with E-state index in [1.165, 1.54) is 9.13 Å². The standard InChI is InChI=1S/C15H23N5O3/c1-10(21)6-3-4-8-20-13(22)11-12(18(2)15(20)23)19-9-5-7-16-14(19)17-11/h10,21H,3-9H2,1-2H3,(H,16,17)/t10-/m0/s1. The first-order chi connectivity index (χ1) is 11.0. The zero-order chi connectivity index (χ0) is 16.6. The molecule has 3 heterocycles. The number of hydrogen-bond acceptors (Lipinski definition) is 5. The number of anilines is 1. The van der Waals surface area contributed by atoms with E-state index in [2.05, 4.69) is 10.3 Å². The van der Waals surface area contributed by atoms with Crippen LogP contribution in [0.1, 0.15) is 32.6 Å². The first kappa shape index (κ1) is 15.8. The Morgan fingerprint density at radius 3 is 2.87 bits per heavy atom. The van der Waals surface area contributed by atoms with E-state index in [1.54, 1.807) is 14.0 Å². The number of rotatable bonds is 5. The van der Waals surface area contributed by atoms with Crippen molar-refractivity contribution < 1.29 is 5.11 Å². The van der Waals surface area contributed by atoms with Crippen LogP contribution in [-0.2, 0) is 20.1 Å². The van der Waals surface area contributed by atoms with Crippen LogP contribution in [0.4, 0.5) is 5.95 Å². The van der Waals surface area contributed by atoms with Crippen LogP contribution in [0.5, 0.6) is 0 Å². The maximum Gasteiger partial charge on any atom is 0.332 e. The lowest BCUT2D eigenvalue weighted by Crippen LogP contribution is -2.39. The van der Waals surface area contributed by atoms with Crippen molar-refractivity contribution in [1.29, 1.82) is 0 Å². The van der Waals surface area contributed by atoms with Gasteiger partial charge in [-0.15, -0.1) is 0 Å². The first-order valence-electron chi connectivity index (χ1n) is 8.12. The minimum Gasteiger partial charge on any atom is -0.393 e. The van der Waals surface area contributed by atoms with E-state index in [0.717, 1.165) is 25.9 Å². The average molecular weight is 321 g/mol. The van der Waals surface area contributed by atoms with E-state index in [9.17, 15) is 14.7 Å². The van der Waals surface area contributed by atoms with Crippen molar-refractivity contribution in [2.24, 2.45) is 7.05 Å². The fourth-order valence-electron chi connectivity index (χ4n) is 3.11. The molecule has 0 bridgehead atoms. The molecule has 126 valence electrons. The zero-order valence-corrected chi connectivity index (χ0v) is 13.6. The monoisotopic (exact) mass is 321 g/mol. The molecule has 0 aliphatic carbocycles. The lowest BCUT2D eigenvalue weighted by Gasteiger charge is -2.16. The number of hydrogen-bond donors (Lipinski definition) is 2. The Balaban J connectivity index is 2.00. The third kappa shape index (κ3) is 2.78. The van der Waals surface area contributed by atoms with Gasteiger partial charge in [0.15, 0.2) is 11.2 Å². The van der Waals surface area contributed by atoms with Crippen LogP contribution >= 0.6 is 0 Å². The summed E-state index contributed by atoms with van der Waals surface area (Å²) in [6, 6.07) is 0. The van der Waals surface area contributed by atoms with Crippen LogP contribution in [0.3, 0.4) is 0 Å². The Morgan fingerprint density at radius 2 is 2.13 bits per heavy atom. The minimum atomic E-state index is -0.358. The molecule has 1 aliphatic heterocycles. The molecule has 2 aromatic heterocycles. The number of aliphatic hydroxyl groups is 1. The second kappa shape index (κ2) is 6.19. The Kier molecular flexibility index (Phi) is 4.25. The van der Waals surface area contributed by atoms with Gasteiger partial charge in [0.2, 0.25) is 5.95 Å². The molecule has 8 heteroatoms. The van der Waals surface area contributed by atoms with E-state index < -0.39 is 0 Å². The van der Waals surface area contributed by atoms with Crippen molar-refractivity contribution in [2.75, 3.05) is 11.9 Å². The Hall–Kier alpha value is -2.09. The number of nitrogens with one attached hydrogen (secondary N) is 1. The molecule has 2 N–H and O–H groups in total. The average Bonchev–Trinajstić information content (AvgIpc) is 2.91. The highest BCUT2D eigenvalue weighted by Crippen LogP contribution is 2.19. The van der Waals surface area contributed by atoms with E-state index in [4.69, 9.17) is 0 Å². The number of aromatic nitrogens is 4. The molecule has 0 unspecified atom stereocenters. The molecule has 3 rings (SSSR count). The van der Waals surface area contributed by atoms with Crippen molar-refractivity contribution in [3.63, 3.8) is 0 Å². The van der Waals surface area contributed by atoms with Gasteiger partial charge in [-0.05, 0) is 32.6 Å². The van der Waals surface area contributed by atoms with Crippen LogP contribution in [0.15, 0.2) is 9.59 Å². The van der Waals surface area contributed by atoms with Gasteiger partial charge in [-0.1, -0.05) is 0 Å². The second-order valence-electron chi connectivity index (χ2n) is 6.18. The van der Waals surface area contributed by atoms with Gasteiger partial charge >= 0.3 is 5.69 Å². The molecule has 0 spiro atoms. The number of aliphatic hydroxyl groups excluding tert-OH is 1. The highest BCUT2D eigenvalue weighted by atomic mass is 16.3. The van der Waals surface area contributed by atoms with Crippen LogP contribution in [0.2, 0.25) is 0 Å². The van der Waals surface area contributed by atoms with Crippen LogP contribution < -0.4 is 16.6 Å². The summed E-state index contributed by atoms with van der Waals surface area (Å²) < 4.78 is 4.66. The van der Waals surface area contributed by atoms with E-state index >= 15 is 0 Å². The predicted octanol–water partition coefficient (Wildman–Crippen LogP) is 0.263. The number of imidazole rings is 1. The summed E-state index contributed by atoms with van der Waals surface area (Å²) in [5.74, 6) is 0.658. The van der Waals surface area contributed by atoms with Crippen LogP contribution in [-0.4, -0.2) is 36.4 Å². The molecule has 8 nitrogen and oxygen atoms in total. The summed E-state index contributed by atoms with van der Waals surface area (Å²) >= 11 is 0. The van der Waals surface area contributed by atoms with Crippen molar-refractivity contribution >= 4 is 17.1 Å². The summed E-state index contributed by atoms with van der Waals surface area (Å²) in [6.07, 6.45) is 2.70. The number of unbranched alkanes of at least 4 members (excludes halogenated alkanes) is 1. The Labute approximate surface area is 133 Å². The van der Waals surface area contributed by atoms with E-state index in [-0.39, 0.29) is 17.4 Å². The highest BCUT2D eigenvalue weighted by molar-refractivity contribution is 5.74. The van der Waals surface area contributed by atoms with Gasteiger partial charge < -0.3 is 10.4 Å². The molecule has 0 saturated heterocycles. The molecule has 0 radical (unpaired) electrons. The second-order valence-corrected chi connectivity index (χ2v) is 6.18. The maximum absolute atomic E-state index is 12.6. The minimum absolute atomic E-state index is 0.312. The fourth-order valence-corrected chi connectivity index (χ4v) is 3.11. The normalized spacial score (nSPS) is 15.4. The topological polar surface area (TPSA) is 94.1 Å². The first-order valence-corrected chi connectivity index (χ1v) is 8.12. The summed E-state index contributed by atoms with van der Waals surface area (Å²) in [6.45, 7) is 3.67.